The van der Waals surface area contributed by atoms with Crippen LogP contribution in [0.1, 0.15) is 48.2 Å². The topological polar surface area (TPSA) is 67.8 Å². The Morgan fingerprint density at radius 3 is 2.72 bits per heavy atom. The Morgan fingerprint density at radius 1 is 1.24 bits per heavy atom. The number of hydrogen-bond donors (Lipinski definition) is 2. The fourth-order valence-electron chi connectivity index (χ4n) is 3.52. The Morgan fingerprint density at radius 2 is 2.03 bits per heavy atom. The van der Waals surface area contributed by atoms with Gasteiger partial charge >= 0.3 is 0 Å². The van der Waals surface area contributed by atoms with Gasteiger partial charge < -0.3 is 19.9 Å². The summed E-state index contributed by atoms with van der Waals surface area (Å²) in [6.07, 6.45) is 3.41. The van der Waals surface area contributed by atoms with E-state index in [2.05, 4.69) is 5.32 Å². The predicted molar refractivity (Wildman–Crippen MR) is 114 cm³/mol. The first kappa shape index (κ1) is 21.1. The summed E-state index contributed by atoms with van der Waals surface area (Å²) in [5, 5.41) is 13.3. The number of nitrogens with one attached hydrogen (secondary N) is 1. The monoisotopic (exact) mass is 395 g/mol. The summed E-state index contributed by atoms with van der Waals surface area (Å²) in [6.45, 7) is 5.19. The van der Waals surface area contributed by atoms with Gasteiger partial charge in [-0.1, -0.05) is 50.3 Å². The molecule has 0 unspecified atom stereocenters. The summed E-state index contributed by atoms with van der Waals surface area (Å²) in [7, 11) is 0. The minimum Gasteiger partial charge on any atom is -0.489 e. The van der Waals surface area contributed by atoms with Gasteiger partial charge in [-0.15, -0.1) is 0 Å². The fraction of sp³-hybridized carbons (Fsp3) is 0.375. The molecular formula is C24H29NO4. The van der Waals surface area contributed by atoms with Gasteiger partial charge in [0.15, 0.2) is 5.78 Å². The van der Waals surface area contributed by atoms with Crippen molar-refractivity contribution in [1.29, 1.82) is 0 Å². The molecule has 0 amide bonds. The maximum absolute atomic E-state index is 12.9. The molecule has 0 saturated carbocycles. The molecule has 3 rings (SSSR count). The molecule has 5 heteroatoms. The standard InChI is InChI=1S/C24H29NO4/c1-3-8-18(4-2)23(27)20-11-12-22-24(21(20)13-26)29-16-19(25-22)15-28-14-17-9-6-5-7-10-17/h5-12,19,25-26H,3-4,13-16H2,1-2H3/b18-8+/t19-/m1/s1. The number of allylic oxidation sites excluding steroid dienone is 2. The molecule has 0 saturated heterocycles. The SMILES string of the molecule is CC/C=C(\CC)C(=O)c1ccc2c(c1CO)OC[C@@H](COCc1ccccc1)N2. The van der Waals surface area contributed by atoms with Gasteiger partial charge in [-0.25, -0.2) is 0 Å². The zero-order chi connectivity index (χ0) is 20.6. The molecule has 0 spiro atoms. The third kappa shape index (κ3) is 5.05. The number of hydrogen-bond acceptors (Lipinski definition) is 5. The van der Waals surface area contributed by atoms with Crippen molar-refractivity contribution in [2.45, 2.75) is 45.9 Å². The molecule has 1 heterocycles. The van der Waals surface area contributed by atoms with E-state index in [1.165, 1.54) is 0 Å². The summed E-state index contributed by atoms with van der Waals surface area (Å²) in [5.74, 6) is 0.516. The third-order valence-corrected chi connectivity index (χ3v) is 5.01. The van der Waals surface area contributed by atoms with Gasteiger partial charge in [-0.05, 0) is 36.1 Å². The molecular weight excluding hydrogens is 366 g/mol. The number of rotatable bonds is 9. The Kier molecular flexibility index (Phi) is 7.44. The quantitative estimate of drug-likeness (QED) is 0.483. The van der Waals surface area contributed by atoms with E-state index in [9.17, 15) is 9.90 Å². The Balaban J connectivity index is 1.70. The highest BCUT2D eigenvalue weighted by Crippen LogP contribution is 2.36. The molecule has 29 heavy (non-hydrogen) atoms. The second-order valence-corrected chi connectivity index (χ2v) is 7.10. The minimum atomic E-state index is -0.246. The first-order valence-electron chi connectivity index (χ1n) is 10.2. The number of carbonyl (C=O) groups excluding carboxylic acids is 1. The second kappa shape index (κ2) is 10.2. The molecule has 0 aliphatic carbocycles. The van der Waals surface area contributed by atoms with Crippen LogP contribution >= 0.6 is 0 Å². The second-order valence-electron chi connectivity index (χ2n) is 7.10. The van der Waals surface area contributed by atoms with Crippen molar-refractivity contribution in [1.82, 2.24) is 0 Å². The average Bonchev–Trinajstić information content (AvgIpc) is 2.76. The normalized spacial score (nSPS) is 16.0. The highest BCUT2D eigenvalue weighted by molar-refractivity contribution is 6.10. The van der Waals surface area contributed by atoms with Crippen molar-refractivity contribution in [2.75, 3.05) is 18.5 Å². The zero-order valence-electron chi connectivity index (χ0n) is 17.1. The van der Waals surface area contributed by atoms with Gasteiger partial charge in [0, 0.05) is 11.1 Å². The molecule has 0 radical (unpaired) electrons. The third-order valence-electron chi connectivity index (χ3n) is 5.01. The number of anilines is 1. The first-order valence-corrected chi connectivity index (χ1v) is 10.2. The highest BCUT2D eigenvalue weighted by Gasteiger charge is 2.25. The minimum absolute atomic E-state index is 0.00509. The number of ketones is 1. The van der Waals surface area contributed by atoms with Crippen LogP contribution in [-0.2, 0) is 18.0 Å². The van der Waals surface area contributed by atoms with Crippen LogP contribution in [0, 0.1) is 0 Å². The van der Waals surface area contributed by atoms with Gasteiger partial charge in [0.05, 0.1) is 31.5 Å². The molecule has 0 fully saturated rings. The Bertz CT molecular complexity index is 861. The first-order chi connectivity index (χ1) is 14.2. The molecule has 2 N–H and O–H groups in total. The van der Waals surface area contributed by atoms with E-state index in [1.54, 1.807) is 6.07 Å². The number of benzene rings is 2. The molecule has 0 aromatic heterocycles. The van der Waals surface area contributed by atoms with Crippen LogP contribution in [0.2, 0.25) is 0 Å². The number of Topliss-reactive ketones (excluding diaryl/α,β-unsaturated/α-hetero) is 1. The van der Waals surface area contributed by atoms with Crippen LogP contribution in [0.3, 0.4) is 0 Å². The van der Waals surface area contributed by atoms with E-state index in [-0.39, 0.29) is 18.4 Å². The van der Waals surface area contributed by atoms with Crippen LogP contribution in [0.25, 0.3) is 0 Å². The number of aliphatic hydroxyl groups excluding tert-OH is 1. The molecule has 1 aliphatic rings. The lowest BCUT2D eigenvalue weighted by atomic mass is 9.94. The van der Waals surface area contributed by atoms with E-state index in [0.717, 1.165) is 23.2 Å². The van der Waals surface area contributed by atoms with Gasteiger partial charge in [0.2, 0.25) is 0 Å². The van der Waals surface area contributed by atoms with E-state index >= 15 is 0 Å². The van der Waals surface area contributed by atoms with Crippen LogP contribution < -0.4 is 10.1 Å². The van der Waals surface area contributed by atoms with Crippen molar-refractivity contribution in [3.63, 3.8) is 0 Å². The number of fused-ring (bicyclic) bond motifs is 1. The maximum atomic E-state index is 12.9. The molecule has 0 bridgehead atoms. The van der Waals surface area contributed by atoms with E-state index in [0.29, 0.717) is 43.1 Å². The van der Waals surface area contributed by atoms with Crippen molar-refractivity contribution in [2.24, 2.45) is 0 Å². The molecule has 1 atom stereocenters. The zero-order valence-corrected chi connectivity index (χ0v) is 17.1. The number of ether oxygens (including phenoxy) is 2. The lowest BCUT2D eigenvalue weighted by molar-refractivity contribution is 0.0949. The van der Waals surface area contributed by atoms with Crippen LogP contribution in [0.4, 0.5) is 5.69 Å². The predicted octanol–water partition coefficient (Wildman–Crippen LogP) is 4.50. The van der Waals surface area contributed by atoms with Crippen molar-refractivity contribution < 1.29 is 19.4 Å². The van der Waals surface area contributed by atoms with Crippen molar-refractivity contribution in [3.8, 4) is 5.75 Å². The van der Waals surface area contributed by atoms with Gasteiger partial charge in [0.25, 0.3) is 0 Å². The molecule has 2 aromatic carbocycles. The smallest absolute Gasteiger partial charge is 0.189 e. The van der Waals surface area contributed by atoms with Crippen molar-refractivity contribution >= 4 is 11.5 Å². The van der Waals surface area contributed by atoms with E-state index in [1.807, 2.05) is 56.3 Å². The maximum Gasteiger partial charge on any atom is 0.189 e. The molecule has 5 nitrogen and oxygen atoms in total. The van der Waals surface area contributed by atoms with E-state index < -0.39 is 0 Å². The summed E-state index contributed by atoms with van der Waals surface area (Å²) in [5.41, 5.74) is 3.72. The van der Waals surface area contributed by atoms with Crippen LogP contribution in [0.15, 0.2) is 54.1 Å². The van der Waals surface area contributed by atoms with Crippen LogP contribution in [0.5, 0.6) is 5.75 Å². The average molecular weight is 395 g/mol. The molecule has 154 valence electrons. The number of carbonyl (C=O) groups is 1. The van der Waals surface area contributed by atoms with Crippen molar-refractivity contribution in [3.05, 3.63) is 70.8 Å². The largest absolute Gasteiger partial charge is 0.489 e. The number of aliphatic hydroxyl groups is 1. The summed E-state index contributed by atoms with van der Waals surface area (Å²) < 4.78 is 11.8. The Labute approximate surface area is 172 Å². The molecule has 1 aliphatic heterocycles. The fourth-order valence-corrected chi connectivity index (χ4v) is 3.52. The van der Waals surface area contributed by atoms with Gasteiger partial charge in [-0.3, -0.25) is 4.79 Å². The molecule has 2 aromatic rings. The van der Waals surface area contributed by atoms with Gasteiger partial charge in [-0.2, -0.15) is 0 Å². The lowest BCUT2D eigenvalue weighted by Crippen LogP contribution is -2.36. The van der Waals surface area contributed by atoms with E-state index in [4.69, 9.17) is 9.47 Å². The lowest BCUT2D eigenvalue weighted by Gasteiger charge is -2.29. The Hall–Kier alpha value is -2.63. The highest BCUT2D eigenvalue weighted by atomic mass is 16.5. The van der Waals surface area contributed by atoms with Gasteiger partial charge in [0.1, 0.15) is 12.4 Å². The van der Waals surface area contributed by atoms with Crippen LogP contribution in [-0.4, -0.2) is 30.1 Å². The summed E-state index contributed by atoms with van der Waals surface area (Å²) in [4.78, 5) is 12.9. The summed E-state index contributed by atoms with van der Waals surface area (Å²) >= 11 is 0. The summed E-state index contributed by atoms with van der Waals surface area (Å²) in [6, 6.07) is 13.7.